The van der Waals surface area contributed by atoms with Gasteiger partial charge in [-0.3, -0.25) is 10.1 Å². The molecule has 3 N–H and O–H groups in total. The average molecular weight is 317 g/mol. The SMILES string of the molecule is CC1SC(Sc2ccc([N+](=O)[O-])cc2)C(O)[C@H](O)C1O. The molecule has 2 rings (SSSR count). The third-order valence-corrected chi connectivity index (χ3v) is 6.04. The van der Waals surface area contributed by atoms with E-state index in [1.54, 1.807) is 19.1 Å². The first-order valence-corrected chi connectivity index (χ1v) is 7.83. The summed E-state index contributed by atoms with van der Waals surface area (Å²) < 4.78 is -0.329. The van der Waals surface area contributed by atoms with Crippen molar-refractivity contribution in [3.05, 3.63) is 34.4 Å². The predicted molar refractivity (Wildman–Crippen MR) is 77.8 cm³/mol. The van der Waals surface area contributed by atoms with E-state index in [1.165, 1.54) is 35.7 Å². The molecule has 1 saturated heterocycles. The topological polar surface area (TPSA) is 104 Å². The maximum Gasteiger partial charge on any atom is 0.269 e. The average Bonchev–Trinajstić information content (AvgIpc) is 2.43. The monoisotopic (exact) mass is 317 g/mol. The second-order valence-electron chi connectivity index (χ2n) is 4.55. The molecular formula is C12H15NO5S2. The van der Waals surface area contributed by atoms with Gasteiger partial charge in [0.15, 0.2) is 0 Å². The largest absolute Gasteiger partial charge is 0.389 e. The number of nitro groups is 1. The van der Waals surface area contributed by atoms with Gasteiger partial charge in [-0.05, 0) is 12.1 Å². The zero-order valence-corrected chi connectivity index (χ0v) is 12.3. The highest BCUT2D eigenvalue weighted by Crippen LogP contribution is 2.42. The van der Waals surface area contributed by atoms with Crippen LogP contribution >= 0.6 is 23.5 Å². The van der Waals surface area contributed by atoms with Crippen LogP contribution in [0.3, 0.4) is 0 Å². The lowest BCUT2D eigenvalue weighted by atomic mass is 10.1. The Labute approximate surface area is 124 Å². The summed E-state index contributed by atoms with van der Waals surface area (Å²) in [7, 11) is 0. The van der Waals surface area contributed by atoms with Crippen molar-refractivity contribution in [2.75, 3.05) is 0 Å². The van der Waals surface area contributed by atoms with Crippen LogP contribution in [0.1, 0.15) is 6.92 Å². The number of thioether (sulfide) groups is 2. The first-order valence-electron chi connectivity index (χ1n) is 6.01. The first-order chi connectivity index (χ1) is 9.40. The van der Waals surface area contributed by atoms with Gasteiger partial charge >= 0.3 is 0 Å². The Morgan fingerprint density at radius 3 is 2.30 bits per heavy atom. The molecule has 110 valence electrons. The van der Waals surface area contributed by atoms with E-state index >= 15 is 0 Å². The van der Waals surface area contributed by atoms with Crippen LogP contribution in [-0.4, -0.2) is 48.4 Å². The molecule has 0 saturated carbocycles. The van der Waals surface area contributed by atoms with Crippen molar-refractivity contribution >= 4 is 29.2 Å². The van der Waals surface area contributed by atoms with Crippen molar-refractivity contribution < 1.29 is 20.2 Å². The Morgan fingerprint density at radius 1 is 1.15 bits per heavy atom. The van der Waals surface area contributed by atoms with Crippen LogP contribution in [0.15, 0.2) is 29.2 Å². The summed E-state index contributed by atoms with van der Waals surface area (Å²) in [6, 6.07) is 6.02. The van der Waals surface area contributed by atoms with Crippen LogP contribution < -0.4 is 0 Å². The minimum absolute atomic E-state index is 0.00928. The second-order valence-corrected chi connectivity index (χ2v) is 7.59. The number of hydrogen-bond acceptors (Lipinski definition) is 7. The van der Waals surface area contributed by atoms with E-state index < -0.39 is 23.2 Å². The Kier molecular flexibility index (Phi) is 4.92. The molecule has 1 aromatic rings. The fourth-order valence-corrected chi connectivity index (χ4v) is 4.90. The van der Waals surface area contributed by atoms with Crippen molar-refractivity contribution in [3.63, 3.8) is 0 Å². The van der Waals surface area contributed by atoms with Gasteiger partial charge in [-0.15, -0.1) is 23.5 Å². The van der Waals surface area contributed by atoms with Crippen molar-refractivity contribution in [1.29, 1.82) is 0 Å². The van der Waals surface area contributed by atoms with E-state index in [-0.39, 0.29) is 15.5 Å². The highest BCUT2D eigenvalue weighted by molar-refractivity contribution is 8.17. The molecule has 1 fully saturated rings. The number of hydrogen-bond donors (Lipinski definition) is 3. The van der Waals surface area contributed by atoms with Crippen LogP contribution in [0.2, 0.25) is 0 Å². The molecule has 1 aliphatic rings. The number of aliphatic hydroxyl groups excluding tert-OH is 3. The van der Waals surface area contributed by atoms with E-state index in [0.717, 1.165) is 4.90 Å². The lowest BCUT2D eigenvalue weighted by Crippen LogP contribution is -2.51. The molecule has 0 amide bonds. The van der Waals surface area contributed by atoms with E-state index in [9.17, 15) is 25.4 Å². The van der Waals surface area contributed by atoms with E-state index in [1.807, 2.05) is 0 Å². The van der Waals surface area contributed by atoms with Crippen LogP contribution in [0, 0.1) is 10.1 Å². The lowest BCUT2D eigenvalue weighted by Gasteiger charge is -2.38. The molecule has 0 radical (unpaired) electrons. The molecule has 4 unspecified atom stereocenters. The van der Waals surface area contributed by atoms with Crippen molar-refractivity contribution in [2.45, 2.75) is 40.0 Å². The number of benzene rings is 1. The molecule has 1 heterocycles. The predicted octanol–water partition coefficient (Wildman–Crippen LogP) is 1.23. The van der Waals surface area contributed by atoms with Crippen LogP contribution in [-0.2, 0) is 0 Å². The van der Waals surface area contributed by atoms with Crippen LogP contribution in [0.25, 0.3) is 0 Å². The zero-order chi connectivity index (χ0) is 14.9. The Hall–Kier alpha value is -0.800. The summed E-state index contributed by atoms with van der Waals surface area (Å²) in [5.74, 6) is 0. The highest BCUT2D eigenvalue weighted by Gasteiger charge is 2.41. The normalized spacial score (nSPS) is 33.9. The van der Waals surface area contributed by atoms with Crippen molar-refractivity contribution in [1.82, 2.24) is 0 Å². The minimum atomic E-state index is -1.18. The third-order valence-electron chi connectivity index (χ3n) is 3.11. The highest BCUT2D eigenvalue weighted by atomic mass is 32.2. The molecule has 6 nitrogen and oxygen atoms in total. The molecule has 0 aliphatic carbocycles. The minimum Gasteiger partial charge on any atom is -0.389 e. The molecule has 1 aromatic carbocycles. The van der Waals surface area contributed by atoms with Crippen molar-refractivity contribution in [2.24, 2.45) is 0 Å². The van der Waals surface area contributed by atoms with Gasteiger partial charge in [-0.1, -0.05) is 6.92 Å². The van der Waals surface area contributed by atoms with Gasteiger partial charge in [-0.25, -0.2) is 0 Å². The summed E-state index contributed by atoms with van der Waals surface area (Å²) >= 11 is 2.70. The fourth-order valence-electron chi connectivity index (χ4n) is 1.89. The molecule has 8 heteroatoms. The Morgan fingerprint density at radius 2 is 1.75 bits per heavy atom. The van der Waals surface area contributed by atoms with Crippen molar-refractivity contribution in [3.8, 4) is 0 Å². The molecular weight excluding hydrogens is 302 g/mol. The summed E-state index contributed by atoms with van der Waals surface area (Å²) in [4.78, 5) is 10.9. The second kappa shape index (κ2) is 6.31. The van der Waals surface area contributed by atoms with Gasteiger partial charge in [0.2, 0.25) is 0 Å². The van der Waals surface area contributed by atoms with Gasteiger partial charge in [0.25, 0.3) is 5.69 Å². The number of rotatable bonds is 3. The lowest BCUT2D eigenvalue weighted by molar-refractivity contribution is -0.384. The zero-order valence-electron chi connectivity index (χ0n) is 10.6. The summed E-state index contributed by atoms with van der Waals surface area (Å²) in [6.07, 6.45) is -3.18. The van der Waals surface area contributed by atoms with E-state index in [0.29, 0.717) is 0 Å². The van der Waals surface area contributed by atoms with Gasteiger partial charge < -0.3 is 15.3 Å². The number of nitrogens with zero attached hydrogens (tertiary/aromatic N) is 1. The van der Waals surface area contributed by atoms with Crippen LogP contribution in [0.4, 0.5) is 5.69 Å². The van der Waals surface area contributed by atoms with Gasteiger partial charge in [-0.2, -0.15) is 0 Å². The quantitative estimate of drug-likeness (QED) is 0.569. The molecule has 5 atom stereocenters. The number of aliphatic hydroxyl groups is 3. The van der Waals surface area contributed by atoms with Crippen LogP contribution in [0.5, 0.6) is 0 Å². The summed E-state index contributed by atoms with van der Waals surface area (Å²) in [6.45, 7) is 1.79. The first kappa shape index (κ1) is 15.6. The van der Waals surface area contributed by atoms with Gasteiger partial charge in [0.05, 0.1) is 15.6 Å². The molecule has 1 aliphatic heterocycles. The van der Waals surface area contributed by atoms with Gasteiger partial charge in [0.1, 0.15) is 12.2 Å². The molecule has 0 spiro atoms. The summed E-state index contributed by atoms with van der Waals surface area (Å²) in [5.41, 5.74) is 0.00928. The Balaban J connectivity index is 2.07. The number of non-ortho nitro benzene ring substituents is 1. The van der Waals surface area contributed by atoms with E-state index in [2.05, 4.69) is 0 Å². The maximum absolute atomic E-state index is 10.6. The molecule has 0 aromatic heterocycles. The fraction of sp³-hybridized carbons (Fsp3) is 0.500. The standard InChI is InChI=1S/C12H15NO5S2/c1-6-9(14)10(15)11(16)12(19-6)20-8-4-2-7(3-5-8)13(17)18/h2-6,9-12,14-16H,1H3/t6?,9?,10-,11?,12?/m1/s1. The Bertz CT molecular complexity index is 483. The van der Waals surface area contributed by atoms with E-state index in [4.69, 9.17) is 0 Å². The smallest absolute Gasteiger partial charge is 0.269 e. The third kappa shape index (κ3) is 3.26. The molecule has 0 bridgehead atoms. The summed E-state index contributed by atoms with van der Waals surface area (Å²) in [5, 5.41) is 39.8. The van der Waals surface area contributed by atoms with Gasteiger partial charge in [0, 0.05) is 22.3 Å². The maximum atomic E-state index is 10.6. The number of nitro benzene ring substituents is 1. The molecule has 20 heavy (non-hydrogen) atoms.